The van der Waals surface area contributed by atoms with Gasteiger partial charge < -0.3 is 14.9 Å². The first kappa shape index (κ1) is 14.5. The van der Waals surface area contributed by atoms with Crippen LogP contribution in [0.3, 0.4) is 0 Å². The number of hydrogen-bond donors (Lipinski definition) is 2. The highest BCUT2D eigenvalue weighted by molar-refractivity contribution is 5.82. The third-order valence-electron chi connectivity index (χ3n) is 5.16. The maximum absolute atomic E-state index is 10.6. The molecule has 0 saturated carbocycles. The number of aromatic hydroxyl groups is 1. The number of phenolic OH excluding ortho intramolecular Hbond substituents is 1. The molecule has 1 atom stereocenters. The summed E-state index contributed by atoms with van der Waals surface area (Å²) in [4.78, 5) is 2.36. The molecule has 4 rings (SSSR count). The predicted molar refractivity (Wildman–Crippen MR) is 88.9 cm³/mol. The number of nitrogens with zero attached hydrogens (tertiary/aromatic N) is 1. The Morgan fingerprint density at radius 2 is 2.09 bits per heavy atom. The minimum Gasteiger partial charge on any atom is -0.504 e. The molecule has 2 aliphatic rings. The van der Waals surface area contributed by atoms with Crippen LogP contribution in [0, 0.1) is 0 Å². The van der Waals surface area contributed by atoms with Gasteiger partial charge in [-0.3, -0.25) is 4.90 Å². The normalized spacial score (nSPS) is 19.1. The fourth-order valence-electron chi connectivity index (χ4n) is 4.13. The van der Waals surface area contributed by atoms with Gasteiger partial charge in [0.05, 0.1) is 13.7 Å². The maximum Gasteiger partial charge on any atom is 0.165 e. The van der Waals surface area contributed by atoms with Crippen LogP contribution in [0.1, 0.15) is 22.7 Å². The number of methoxy groups -OCH3 is 1. The topological polar surface area (TPSA) is 52.9 Å². The Bertz CT molecular complexity index is 757. The Balaban J connectivity index is 1.93. The molecular weight excluding hydrogens is 290 g/mol. The molecule has 0 fully saturated rings. The number of fused-ring (bicyclic) bond motifs is 2. The van der Waals surface area contributed by atoms with Crippen molar-refractivity contribution in [2.45, 2.75) is 18.9 Å². The lowest BCUT2D eigenvalue weighted by Crippen LogP contribution is -2.39. The number of rotatable bonds is 3. The van der Waals surface area contributed by atoms with Crippen molar-refractivity contribution in [3.63, 3.8) is 0 Å². The number of hydrogen-bond acceptors (Lipinski definition) is 4. The Kier molecular flexibility index (Phi) is 3.51. The predicted octanol–water partition coefficient (Wildman–Crippen LogP) is 2.52. The van der Waals surface area contributed by atoms with E-state index in [1.807, 2.05) is 6.07 Å². The SMILES string of the molecule is COc1ccc2c(c1O)-c1cccc3c1[C@H](C2)N(CCO)CC3. The van der Waals surface area contributed by atoms with Crippen molar-refractivity contribution in [2.24, 2.45) is 0 Å². The summed E-state index contributed by atoms with van der Waals surface area (Å²) in [6, 6.07) is 10.5. The second kappa shape index (κ2) is 5.55. The van der Waals surface area contributed by atoms with Crippen molar-refractivity contribution < 1.29 is 14.9 Å². The van der Waals surface area contributed by atoms with Gasteiger partial charge in [-0.1, -0.05) is 24.3 Å². The van der Waals surface area contributed by atoms with E-state index in [0.29, 0.717) is 12.3 Å². The molecule has 2 N–H and O–H groups in total. The molecule has 0 unspecified atom stereocenters. The monoisotopic (exact) mass is 311 g/mol. The summed E-state index contributed by atoms with van der Waals surface area (Å²) in [5.41, 5.74) is 5.82. The quantitative estimate of drug-likeness (QED) is 0.914. The molecule has 2 aromatic carbocycles. The lowest BCUT2D eigenvalue weighted by Gasteiger charge is -2.41. The third-order valence-corrected chi connectivity index (χ3v) is 5.16. The van der Waals surface area contributed by atoms with Crippen molar-refractivity contribution in [3.8, 4) is 22.6 Å². The highest BCUT2D eigenvalue weighted by Gasteiger charge is 2.35. The summed E-state index contributed by atoms with van der Waals surface area (Å²) in [5.74, 6) is 0.749. The van der Waals surface area contributed by atoms with E-state index in [0.717, 1.165) is 36.1 Å². The Morgan fingerprint density at radius 1 is 1.22 bits per heavy atom. The van der Waals surface area contributed by atoms with Crippen molar-refractivity contribution >= 4 is 0 Å². The standard InChI is InChI=1S/C19H21NO3/c1-23-16-6-5-13-11-15-17-12(7-8-20(15)9-10-21)3-2-4-14(17)18(13)19(16)22/h2-6,15,21-22H,7-11H2,1H3/t15-/m0/s1. The molecule has 0 aromatic heterocycles. The number of ether oxygens (including phenoxy) is 1. The number of phenols is 1. The van der Waals surface area contributed by atoms with Crippen molar-refractivity contribution in [3.05, 3.63) is 47.0 Å². The molecule has 1 aliphatic heterocycles. The molecule has 120 valence electrons. The van der Waals surface area contributed by atoms with Gasteiger partial charge in [-0.05, 0) is 41.2 Å². The Morgan fingerprint density at radius 3 is 2.87 bits per heavy atom. The first-order chi connectivity index (χ1) is 11.2. The summed E-state index contributed by atoms with van der Waals surface area (Å²) in [5, 5.41) is 20.0. The molecule has 23 heavy (non-hydrogen) atoms. The molecule has 4 nitrogen and oxygen atoms in total. The number of β-amino-alcohol motifs (C(OH)–C–C–N with tert-alkyl or cyclic N) is 1. The second-order valence-electron chi connectivity index (χ2n) is 6.26. The zero-order valence-electron chi connectivity index (χ0n) is 13.2. The Hall–Kier alpha value is -2.04. The fraction of sp³-hybridized carbons (Fsp3) is 0.368. The molecule has 4 heteroatoms. The summed E-state index contributed by atoms with van der Waals surface area (Å²) in [6.07, 6.45) is 1.84. The molecule has 0 spiro atoms. The van der Waals surface area contributed by atoms with E-state index in [9.17, 15) is 10.2 Å². The van der Waals surface area contributed by atoms with E-state index in [2.05, 4.69) is 29.2 Å². The van der Waals surface area contributed by atoms with Gasteiger partial charge in [0, 0.05) is 24.7 Å². The van der Waals surface area contributed by atoms with Gasteiger partial charge in [0.1, 0.15) is 0 Å². The fourth-order valence-corrected chi connectivity index (χ4v) is 4.13. The van der Waals surface area contributed by atoms with Gasteiger partial charge >= 0.3 is 0 Å². The van der Waals surface area contributed by atoms with Gasteiger partial charge in [0.15, 0.2) is 11.5 Å². The van der Waals surface area contributed by atoms with Crippen LogP contribution in [-0.2, 0) is 12.8 Å². The molecule has 2 aromatic rings. The third kappa shape index (κ3) is 2.13. The van der Waals surface area contributed by atoms with Crippen LogP contribution in [0.4, 0.5) is 0 Å². The molecule has 0 bridgehead atoms. The number of aliphatic hydroxyl groups is 1. The number of aliphatic hydroxyl groups excluding tert-OH is 1. The van der Waals surface area contributed by atoms with E-state index in [1.165, 1.54) is 11.1 Å². The minimum atomic E-state index is 0.175. The highest BCUT2D eigenvalue weighted by atomic mass is 16.5. The summed E-state index contributed by atoms with van der Waals surface area (Å²) >= 11 is 0. The molecule has 0 radical (unpaired) electrons. The summed E-state index contributed by atoms with van der Waals surface area (Å²) in [6.45, 7) is 1.84. The maximum atomic E-state index is 10.6. The smallest absolute Gasteiger partial charge is 0.165 e. The van der Waals surface area contributed by atoms with Gasteiger partial charge in [-0.2, -0.15) is 0 Å². The van der Waals surface area contributed by atoms with Crippen molar-refractivity contribution in [2.75, 3.05) is 26.8 Å². The van der Waals surface area contributed by atoms with E-state index in [4.69, 9.17) is 4.74 Å². The van der Waals surface area contributed by atoms with Gasteiger partial charge in [-0.25, -0.2) is 0 Å². The van der Waals surface area contributed by atoms with E-state index >= 15 is 0 Å². The lowest BCUT2D eigenvalue weighted by atomic mass is 9.76. The largest absolute Gasteiger partial charge is 0.504 e. The van der Waals surface area contributed by atoms with Crippen LogP contribution < -0.4 is 4.74 Å². The Labute approximate surface area is 135 Å². The van der Waals surface area contributed by atoms with Crippen LogP contribution >= 0.6 is 0 Å². The van der Waals surface area contributed by atoms with Gasteiger partial charge in [0.2, 0.25) is 0 Å². The summed E-state index contributed by atoms with van der Waals surface area (Å²) < 4.78 is 5.29. The first-order valence-corrected chi connectivity index (χ1v) is 8.10. The van der Waals surface area contributed by atoms with E-state index in [1.54, 1.807) is 7.11 Å². The second-order valence-corrected chi connectivity index (χ2v) is 6.26. The van der Waals surface area contributed by atoms with Crippen LogP contribution in [0.25, 0.3) is 11.1 Å². The van der Waals surface area contributed by atoms with Crippen molar-refractivity contribution in [1.82, 2.24) is 4.90 Å². The zero-order valence-corrected chi connectivity index (χ0v) is 13.2. The van der Waals surface area contributed by atoms with E-state index < -0.39 is 0 Å². The average Bonchev–Trinajstić information content (AvgIpc) is 2.57. The molecule has 0 saturated heterocycles. The van der Waals surface area contributed by atoms with Gasteiger partial charge in [-0.15, -0.1) is 0 Å². The first-order valence-electron chi connectivity index (χ1n) is 8.10. The highest BCUT2D eigenvalue weighted by Crippen LogP contribution is 2.50. The molecule has 1 aliphatic carbocycles. The molecular formula is C19H21NO3. The van der Waals surface area contributed by atoms with E-state index in [-0.39, 0.29) is 18.4 Å². The molecule has 0 amide bonds. The van der Waals surface area contributed by atoms with Crippen LogP contribution in [-0.4, -0.2) is 41.9 Å². The van der Waals surface area contributed by atoms with Crippen LogP contribution in [0.5, 0.6) is 11.5 Å². The lowest BCUT2D eigenvalue weighted by molar-refractivity contribution is 0.140. The van der Waals surface area contributed by atoms with Crippen molar-refractivity contribution in [1.29, 1.82) is 0 Å². The number of benzene rings is 2. The average molecular weight is 311 g/mol. The molecule has 1 heterocycles. The van der Waals surface area contributed by atoms with Crippen LogP contribution in [0.2, 0.25) is 0 Å². The zero-order chi connectivity index (χ0) is 16.0. The minimum absolute atomic E-state index is 0.175. The summed E-state index contributed by atoms with van der Waals surface area (Å²) in [7, 11) is 1.58. The van der Waals surface area contributed by atoms with Gasteiger partial charge in [0.25, 0.3) is 0 Å². The van der Waals surface area contributed by atoms with Crippen LogP contribution in [0.15, 0.2) is 30.3 Å².